The van der Waals surface area contributed by atoms with Gasteiger partial charge in [-0.05, 0) is 194 Å². The number of ether oxygens (including phenoxy) is 1. The number of piperidine rings is 5. The number of hydrogen-bond donors (Lipinski definition) is 5. The second-order valence-electron chi connectivity index (χ2n) is 35.1. The Hall–Kier alpha value is -5.73. The van der Waals surface area contributed by atoms with Crippen LogP contribution in [0.1, 0.15) is 204 Å². The first-order valence-corrected chi connectivity index (χ1v) is 42.1. The first-order valence-electron chi connectivity index (χ1n) is 42.1. The van der Waals surface area contributed by atoms with Gasteiger partial charge in [0, 0.05) is 186 Å². The summed E-state index contributed by atoms with van der Waals surface area (Å²) in [6.45, 7) is 48.4. The van der Waals surface area contributed by atoms with Crippen LogP contribution < -0.4 is 24.5 Å². The lowest BCUT2D eigenvalue weighted by atomic mass is 9.90. The average Bonchev–Trinajstić information content (AvgIpc) is 1.70. The summed E-state index contributed by atoms with van der Waals surface area (Å²) in [7, 11) is 4.34. The second-order valence-corrected chi connectivity index (χ2v) is 35.1. The van der Waals surface area contributed by atoms with Gasteiger partial charge >= 0.3 is 0 Å². The molecule has 22 nitrogen and oxygen atoms in total. The standard InChI is InChI=1S/2C19H32N4O.C18H29N3O2.C18H29N3O.C13H20N2O/c2*1-16(2)18-5-4-17(14-20-18)23-8-6-19(24,7-9-23)15-22-12-10-21(3)11-13-22;1-15(2)17-4-3-16(13-19-17)21-7-5-18(22,6-8-21)14-20-9-11-23-12-10-20;1-15(2)17-6-5-16(13-19-17)21-11-7-18(22,8-12-21)14-20-9-3-4-10-20;1-10(2)13-6-5-11(8-14-13)15-7-3-4-12(16)9-15/h2*4-5,14,16,24H,6-13,15H2,1-3H3;3-4,13,15,22H,5-12,14H2,1-2H3;5-6,13,15,22H,3-4,7-12,14H2,1-2H3;5-6,8,10,12,16H,3-4,7,9H2,1-2H3. The summed E-state index contributed by atoms with van der Waals surface area (Å²) < 4.78 is 5.38. The van der Waals surface area contributed by atoms with E-state index in [0.717, 1.165) is 282 Å². The van der Waals surface area contributed by atoms with Gasteiger partial charge < -0.3 is 69.5 Å². The number of nitrogens with zero attached hydrogens (tertiary/aromatic N) is 16. The largest absolute Gasteiger partial charge is 0.391 e. The van der Waals surface area contributed by atoms with Gasteiger partial charge in [0.15, 0.2) is 0 Å². The van der Waals surface area contributed by atoms with Crippen molar-refractivity contribution in [3.63, 3.8) is 0 Å². The zero-order chi connectivity index (χ0) is 77.7. The van der Waals surface area contributed by atoms with E-state index < -0.39 is 22.4 Å². The Labute approximate surface area is 656 Å². The molecule has 22 heteroatoms. The third kappa shape index (κ3) is 26.4. The van der Waals surface area contributed by atoms with Crippen LogP contribution in [0, 0.1) is 0 Å². The molecule has 5 N–H and O–H groups in total. The van der Waals surface area contributed by atoms with Crippen LogP contribution in [-0.4, -0.2) is 306 Å². The van der Waals surface area contributed by atoms with Crippen molar-refractivity contribution in [2.45, 2.75) is 204 Å². The number of aromatic nitrogens is 5. The molecule has 606 valence electrons. The molecule has 0 radical (unpaired) electrons. The van der Waals surface area contributed by atoms with E-state index in [1.807, 2.05) is 31.0 Å². The summed E-state index contributed by atoms with van der Waals surface area (Å²) in [6, 6.07) is 21.4. The lowest BCUT2D eigenvalue weighted by Gasteiger charge is -2.43. The van der Waals surface area contributed by atoms with Crippen LogP contribution in [-0.2, 0) is 4.74 Å². The predicted molar refractivity (Wildman–Crippen MR) is 445 cm³/mol. The molecule has 109 heavy (non-hydrogen) atoms. The van der Waals surface area contributed by atoms with Crippen molar-refractivity contribution in [3.05, 3.63) is 120 Å². The van der Waals surface area contributed by atoms with Gasteiger partial charge in [0.2, 0.25) is 0 Å². The smallest absolute Gasteiger partial charge is 0.0807 e. The van der Waals surface area contributed by atoms with Crippen LogP contribution in [0.15, 0.2) is 91.6 Å². The van der Waals surface area contributed by atoms with Crippen molar-refractivity contribution in [3.8, 4) is 0 Å². The molecule has 0 aliphatic carbocycles. The highest BCUT2D eigenvalue weighted by atomic mass is 16.5. The van der Waals surface area contributed by atoms with Gasteiger partial charge in [-0.3, -0.25) is 39.6 Å². The maximum atomic E-state index is 11.0. The van der Waals surface area contributed by atoms with E-state index in [9.17, 15) is 25.5 Å². The molecule has 0 bridgehead atoms. The number of rotatable bonds is 18. The summed E-state index contributed by atoms with van der Waals surface area (Å²) in [4.78, 5) is 48.7. The quantitative estimate of drug-likeness (QED) is 0.0552. The van der Waals surface area contributed by atoms with Crippen molar-refractivity contribution in [1.82, 2.24) is 54.3 Å². The Bertz CT molecular complexity index is 3270. The molecule has 0 aromatic carbocycles. The van der Waals surface area contributed by atoms with Crippen molar-refractivity contribution in [1.29, 1.82) is 0 Å². The van der Waals surface area contributed by atoms with E-state index in [-0.39, 0.29) is 6.10 Å². The van der Waals surface area contributed by atoms with E-state index in [1.165, 1.54) is 35.6 Å². The number of pyridine rings is 5. The molecule has 14 heterocycles. The fraction of sp³-hybridized carbons (Fsp3) is 0.713. The Morgan fingerprint density at radius 2 is 0.569 bits per heavy atom. The van der Waals surface area contributed by atoms with Crippen molar-refractivity contribution < 1.29 is 30.3 Å². The van der Waals surface area contributed by atoms with Crippen LogP contribution in [0.25, 0.3) is 0 Å². The molecule has 5 aromatic heterocycles. The SMILES string of the molecule is CC(C)c1ccc(N2CCC(O)(CN3CCCC3)CC2)cn1.CC(C)c1ccc(N2CCC(O)(CN3CCN(C)CC3)CC2)cn1.CC(C)c1ccc(N2CCC(O)(CN3CCN(C)CC3)CC2)cn1.CC(C)c1ccc(N2CCC(O)(CN3CCOCC3)CC2)cn1.CC(C)c1ccc(N2CCCC(O)C2)cn1. The molecular formula is C87H142N16O6. The summed E-state index contributed by atoms with van der Waals surface area (Å²) in [5.74, 6) is 2.34. The third-order valence-electron chi connectivity index (χ3n) is 24.4. The number of aliphatic hydroxyl groups is 5. The summed E-state index contributed by atoms with van der Waals surface area (Å²) in [6.07, 6.45) is 20.9. The number of likely N-dealkylation sites (N-methyl/N-ethyl adjacent to an activating group) is 2. The van der Waals surface area contributed by atoms with Crippen LogP contribution in [0.2, 0.25) is 0 Å². The van der Waals surface area contributed by atoms with Crippen molar-refractivity contribution >= 4 is 28.4 Å². The van der Waals surface area contributed by atoms with E-state index in [1.54, 1.807) is 0 Å². The van der Waals surface area contributed by atoms with Gasteiger partial charge in [0.1, 0.15) is 0 Å². The molecule has 0 amide bonds. The van der Waals surface area contributed by atoms with Gasteiger partial charge in [-0.25, -0.2) is 0 Å². The number of morpholine rings is 1. The highest BCUT2D eigenvalue weighted by Gasteiger charge is 2.39. The first-order chi connectivity index (χ1) is 52.2. The highest BCUT2D eigenvalue weighted by molar-refractivity contribution is 5.49. The lowest BCUT2D eigenvalue weighted by molar-refractivity contribution is -0.0441. The highest BCUT2D eigenvalue weighted by Crippen LogP contribution is 2.34. The Balaban J connectivity index is 0.000000146. The number of piperazine rings is 2. The number of likely N-dealkylation sites (tertiary alicyclic amines) is 1. The third-order valence-corrected chi connectivity index (χ3v) is 24.4. The van der Waals surface area contributed by atoms with E-state index in [0.29, 0.717) is 29.6 Å². The van der Waals surface area contributed by atoms with Crippen molar-refractivity contribution in [2.24, 2.45) is 0 Å². The number of aliphatic hydroxyl groups excluding tert-OH is 1. The minimum absolute atomic E-state index is 0.182. The zero-order valence-corrected chi connectivity index (χ0v) is 69.2. The number of anilines is 5. The maximum Gasteiger partial charge on any atom is 0.0807 e. The molecule has 14 rings (SSSR count). The van der Waals surface area contributed by atoms with Crippen LogP contribution in [0.4, 0.5) is 28.4 Å². The van der Waals surface area contributed by atoms with Gasteiger partial charge in [-0.2, -0.15) is 0 Å². The average molecular weight is 1510 g/mol. The monoisotopic (exact) mass is 1510 g/mol. The van der Waals surface area contributed by atoms with E-state index >= 15 is 0 Å². The number of hydrogen-bond acceptors (Lipinski definition) is 22. The number of β-amino-alcohol motifs (C(OH)–C–C–N with tert-alkyl or cyclic N) is 5. The zero-order valence-electron chi connectivity index (χ0n) is 69.2. The van der Waals surface area contributed by atoms with Gasteiger partial charge in [-0.1, -0.05) is 69.2 Å². The Morgan fingerprint density at radius 1 is 0.321 bits per heavy atom. The fourth-order valence-electron chi connectivity index (χ4n) is 16.6. The molecule has 5 aromatic rings. The molecule has 1 atom stereocenters. The minimum Gasteiger partial charge on any atom is -0.391 e. The molecular weight excluding hydrogens is 1370 g/mol. The minimum atomic E-state index is -0.556. The van der Waals surface area contributed by atoms with E-state index in [2.05, 4.69) is 223 Å². The summed E-state index contributed by atoms with van der Waals surface area (Å²) in [5.41, 5.74) is 9.42. The summed E-state index contributed by atoms with van der Waals surface area (Å²) >= 11 is 0. The van der Waals surface area contributed by atoms with Gasteiger partial charge in [0.25, 0.3) is 0 Å². The fourth-order valence-corrected chi connectivity index (χ4v) is 16.6. The normalized spacial score (nSPS) is 22.6. The summed E-state index contributed by atoms with van der Waals surface area (Å²) in [5, 5.41) is 53.3. The molecule has 9 aliphatic rings. The van der Waals surface area contributed by atoms with Crippen LogP contribution in [0.3, 0.4) is 0 Å². The molecule has 0 saturated carbocycles. The van der Waals surface area contributed by atoms with Crippen molar-refractivity contribution in [2.75, 3.05) is 222 Å². The topological polar surface area (TPSA) is 210 Å². The Kier molecular flexibility index (Phi) is 32.1. The molecule has 1 unspecified atom stereocenters. The van der Waals surface area contributed by atoms with Gasteiger partial charge in [-0.15, -0.1) is 0 Å². The maximum absolute atomic E-state index is 11.0. The first kappa shape index (κ1) is 85.7. The molecule has 9 saturated heterocycles. The van der Waals surface area contributed by atoms with Crippen LogP contribution >= 0.6 is 0 Å². The van der Waals surface area contributed by atoms with Crippen LogP contribution in [0.5, 0.6) is 0 Å². The van der Waals surface area contributed by atoms with Gasteiger partial charge in [0.05, 0.1) is 101 Å². The second kappa shape index (κ2) is 40.8. The Morgan fingerprint density at radius 3 is 0.807 bits per heavy atom. The lowest BCUT2D eigenvalue weighted by Crippen LogP contribution is -2.54. The molecule has 0 spiro atoms. The molecule has 9 aliphatic heterocycles. The predicted octanol–water partition coefficient (Wildman–Crippen LogP) is 10.2. The van der Waals surface area contributed by atoms with E-state index in [4.69, 9.17) is 4.74 Å². The molecule has 9 fully saturated rings.